The third kappa shape index (κ3) is 5.09. The Kier molecular flexibility index (Phi) is 6.59. The first-order valence-electron chi connectivity index (χ1n) is 11.7. The van der Waals surface area contributed by atoms with E-state index in [4.69, 9.17) is 4.74 Å². The average molecular weight is 492 g/mol. The van der Waals surface area contributed by atoms with Gasteiger partial charge in [0.1, 0.15) is 11.3 Å². The standard InChI is InChI=1S/C26H25N3O5S/c30-22(24-13-17-8-9-19(14-23(17)35-24)34-15-16-4-3-5-16)12-18(26(32)33)10-11-29-25(31)20-6-1-2-7-21(20)27-28-29/h1-2,6-9,13-14,16,18H,3-5,10-12,15H2,(H,32,33). The number of hydrogen-bond acceptors (Lipinski definition) is 7. The molecule has 0 aliphatic heterocycles. The van der Waals surface area contributed by atoms with Gasteiger partial charge in [0, 0.05) is 17.7 Å². The number of benzene rings is 2. The van der Waals surface area contributed by atoms with E-state index in [2.05, 4.69) is 10.3 Å². The molecule has 0 bridgehead atoms. The van der Waals surface area contributed by atoms with E-state index in [-0.39, 0.29) is 30.7 Å². The number of ether oxygens (including phenoxy) is 1. The van der Waals surface area contributed by atoms with Crippen LogP contribution in [0.1, 0.15) is 41.8 Å². The first kappa shape index (κ1) is 23.2. The lowest BCUT2D eigenvalue weighted by molar-refractivity contribution is -0.142. The maximum atomic E-state index is 12.9. The first-order chi connectivity index (χ1) is 17.0. The second-order valence-electron chi connectivity index (χ2n) is 9.00. The Labute approximate surface area is 205 Å². The number of carbonyl (C=O) groups excluding carboxylic acids is 1. The molecule has 2 heterocycles. The molecule has 2 aromatic heterocycles. The molecule has 1 unspecified atom stereocenters. The zero-order valence-corrected chi connectivity index (χ0v) is 19.9. The fourth-order valence-electron chi connectivity index (χ4n) is 4.20. The molecule has 1 fully saturated rings. The van der Waals surface area contributed by atoms with Crippen LogP contribution in [0.3, 0.4) is 0 Å². The second kappa shape index (κ2) is 9.95. The number of aliphatic carboxylic acids is 1. The zero-order chi connectivity index (χ0) is 24.4. The molecule has 1 aliphatic carbocycles. The van der Waals surface area contributed by atoms with E-state index in [1.54, 1.807) is 30.3 Å². The maximum Gasteiger partial charge on any atom is 0.307 e. The Morgan fingerprint density at radius 1 is 1.17 bits per heavy atom. The van der Waals surface area contributed by atoms with Crippen LogP contribution in [-0.2, 0) is 11.3 Å². The van der Waals surface area contributed by atoms with Gasteiger partial charge in [0.05, 0.1) is 22.8 Å². The predicted molar refractivity (Wildman–Crippen MR) is 133 cm³/mol. The summed E-state index contributed by atoms with van der Waals surface area (Å²) in [4.78, 5) is 38.0. The van der Waals surface area contributed by atoms with Crippen molar-refractivity contribution in [3.63, 3.8) is 0 Å². The molecule has 1 aliphatic rings. The number of thiophene rings is 1. The van der Waals surface area contributed by atoms with Gasteiger partial charge in [0.15, 0.2) is 5.78 Å². The van der Waals surface area contributed by atoms with Crippen molar-refractivity contribution in [2.45, 2.75) is 38.6 Å². The van der Waals surface area contributed by atoms with Crippen LogP contribution in [0.2, 0.25) is 0 Å². The van der Waals surface area contributed by atoms with Gasteiger partial charge >= 0.3 is 5.97 Å². The molecule has 1 saturated carbocycles. The van der Waals surface area contributed by atoms with Crippen LogP contribution < -0.4 is 10.3 Å². The Bertz CT molecular complexity index is 1460. The van der Waals surface area contributed by atoms with E-state index in [1.807, 2.05) is 18.2 Å². The molecule has 0 amide bonds. The van der Waals surface area contributed by atoms with Crippen molar-refractivity contribution in [3.05, 3.63) is 63.8 Å². The molecule has 35 heavy (non-hydrogen) atoms. The van der Waals surface area contributed by atoms with Gasteiger partial charge in [-0.15, -0.1) is 16.4 Å². The SMILES string of the molecule is O=C(CC(CCn1nnc2ccccc2c1=O)C(=O)O)c1cc2ccc(OCC3CCC3)cc2s1. The summed E-state index contributed by atoms with van der Waals surface area (Å²) in [5.74, 6) is -0.819. The number of carboxylic acids is 1. The molecule has 1 N–H and O–H groups in total. The summed E-state index contributed by atoms with van der Waals surface area (Å²) in [6.45, 7) is 0.780. The van der Waals surface area contributed by atoms with Crippen molar-refractivity contribution in [2.75, 3.05) is 6.61 Å². The van der Waals surface area contributed by atoms with Crippen molar-refractivity contribution in [1.29, 1.82) is 0 Å². The molecule has 0 saturated heterocycles. The fourth-order valence-corrected chi connectivity index (χ4v) is 5.24. The van der Waals surface area contributed by atoms with Crippen molar-refractivity contribution in [2.24, 2.45) is 11.8 Å². The maximum absolute atomic E-state index is 12.9. The van der Waals surface area contributed by atoms with Crippen molar-refractivity contribution in [3.8, 4) is 5.75 Å². The van der Waals surface area contributed by atoms with Gasteiger partial charge in [-0.2, -0.15) is 0 Å². The van der Waals surface area contributed by atoms with E-state index >= 15 is 0 Å². The largest absolute Gasteiger partial charge is 0.493 e. The summed E-state index contributed by atoms with van der Waals surface area (Å²) in [5.41, 5.74) is 0.158. The van der Waals surface area contributed by atoms with E-state index in [1.165, 1.54) is 30.6 Å². The highest BCUT2D eigenvalue weighted by atomic mass is 32.1. The molecule has 1 atom stereocenters. The van der Waals surface area contributed by atoms with Gasteiger partial charge in [0.25, 0.3) is 5.56 Å². The number of Topliss-reactive ketones (excluding diaryl/α,β-unsaturated/α-hetero) is 1. The minimum Gasteiger partial charge on any atom is -0.493 e. The lowest BCUT2D eigenvalue weighted by atomic mass is 9.86. The topological polar surface area (TPSA) is 111 Å². The molecular weight excluding hydrogens is 466 g/mol. The summed E-state index contributed by atoms with van der Waals surface area (Å²) >= 11 is 1.35. The van der Waals surface area contributed by atoms with Gasteiger partial charge in [-0.05, 0) is 67.0 Å². The Morgan fingerprint density at radius 2 is 2.00 bits per heavy atom. The van der Waals surface area contributed by atoms with E-state index in [9.17, 15) is 19.5 Å². The number of hydrogen-bond donors (Lipinski definition) is 1. The summed E-state index contributed by atoms with van der Waals surface area (Å²) in [5, 5.41) is 19.0. The second-order valence-corrected chi connectivity index (χ2v) is 10.1. The number of aryl methyl sites for hydroxylation is 1. The molecule has 9 heteroatoms. The molecule has 180 valence electrons. The van der Waals surface area contributed by atoms with Crippen LogP contribution in [0.4, 0.5) is 0 Å². The van der Waals surface area contributed by atoms with Gasteiger partial charge in [-0.3, -0.25) is 14.4 Å². The smallest absolute Gasteiger partial charge is 0.307 e. The quantitative estimate of drug-likeness (QED) is 0.324. The number of ketones is 1. The fraction of sp³-hybridized carbons (Fsp3) is 0.346. The highest BCUT2D eigenvalue weighted by molar-refractivity contribution is 7.20. The summed E-state index contributed by atoms with van der Waals surface area (Å²) in [6, 6.07) is 14.4. The molecule has 5 rings (SSSR count). The van der Waals surface area contributed by atoms with Crippen molar-refractivity contribution >= 4 is 44.1 Å². The molecule has 8 nitrogen and oxygen atoms in total. The third-order valence-electron chi connectivity index (χ3n) is 6.58. The first-order valence-corrected chi connectivity index (χ1v) is 12.5. The third-order valence-corrected chi connectivity index (χ3v) is 7.72. The van der Waals surface area contributed by atoms with Crippen LogP contribution in [0.5, 0.6) is 5.75 Å². The highest BCUT2D eigenvalue weighted by Gasteiger charge is 2.24. The van der Waals surface area contributed by atoms with Crippen LogP contribution in [0.15, 0.2) is 53.3 Å². The van der Waals surface area contributed by atoms with Crippen molar-refractivity contribution in [1.82, 2.24) is 15.0 Å². The Balaban J connectivity index is 1.25. The molecule has 4 aromatic rings. The van der Waals surface area contributed by atoms with Gasteiger partial charge in [-0.1, -0.05) is 23.8 Å². The normalized spacial score (nSPS) is 14.6. The number of aromatic nitrogens is 3. The Hall–Kier alpha value is -3.59. The van der Waals surface area contributed by atoms with E-state index in [0.717, 1.165) is 20.5 Å². The van der Waals surface area contributed by atoms with Gasteiger partial charge < -0.3 is 9.84 Å². The van der Waals surface area contributed by atoms with Crippen LogP contribution in [-0.4, -0.2) is 38.5 Å². The van der Waals surface area contributed by atoms with E-state index in [0.29, 0.717) is 28.3 Å². The molecule has 0 spiro atoms. The summed E-state index contributed by atoms with van der Waals surface area (Å²) in [7, 11) is 0. The lowest BCUT2D eigenvalue weighted by Gasteiger charge is -2.25. The minimum absolute atomic E-state index is 0.0645. The van der Waals surface area contributed by atoms with Gasteiger partial charge in [0.2, 0.25) is 0 Å². The highest BCUT2D eigenvalue weighted by Crippen LogP contribution is 2.32. The number of fused-ring (bicyclic) bond motifs is 2. The molecule has 2 aromatic carbocycles. The molecular formula is C26H25N3O5S. The Morgan fingerprint density at radius 3 is 2.77 bits per heavy atom. The number of rotatable bonds is 10. The van der Waals surface area contributed by atoms with Crippen LogP contribution in [0, 0.1) is 11.8 Å². The monoisotopic (exact) mass is 491 g/mol. The summed E-state index contributed by atoms with van der Waals surface area (Å²) in [6.07, 6.45) is 3.65. The molecule has 0 radical (unpaired) electrons. The lowest BCUT2D eigenvalue weighted by Crippen LogP contribution is -2.27. The van der Waals surface area contributed by atoms with E-state index < -0.39 is 11.9 Å². The average Bonchev–Trinajstić information content (AvgIpc) is 3.25. The predicted octanol–water partition coefficient (Wildman–Crippen LogP) is 4.55. The number of nitrogens with zero attached hydrogens (tertiary/aromatic N) is 3. The number of carboxylic acid groups (broad SMARTS) is 1. The van der Waals surface area contributed by atoms with Crippen molar-refractivity contribution < 1.29 is 19.4 Å². The summed E-state index contributed by atoms with van der Waals surface area (Å²) < 4.78 is 7.99. The zero-order valence-electron chi connectivity index (χ0n) is 19.1. The minimum atomic E-state index is -1.08. The van der Waals surface area contributed by atoms with Crippen LogP contribution in [0.25, 0.3) is 21.0 Å². The van der Waals surface area contributed by atoms with Gasteiger partial charge in [-0.25, -0.2) is 4.68 Å². The number of carbonyl (C=O) groups is 2. The van der Waals surface area contributed by atoms with Crippen LogP contribution >= 0.6 is 11.3 Å².